The summed E-state index contributed by atoms with van der Waals surface area (Å²) in [6, 6.07) is 4.30. The van der Waals surface area contributed by atoms with Crippen LogP contribution in [-0.4, -0.2) is 39.3 Å². The zero-order chi connectivity index (χ0) is 15.8. The van der Waals surface area contributed by atoms with E-state index in [0.717, 1.165) is 44.6 Å². The third-order valence-corrected chi connectivity index (χ3v) is 5.15. The van der Waals surface area contributed by atoms with Gasteiger partial charge in [0.2, 0.25) is 0 Å². The zero-order valence-electron chi connectivity index (χ0n) is 14.4. The highest BCUT2D eigenvalue weighted by Crippen LogP contribution is 2.28. The van der Waals surface area contributed by atoms with Crippen LogP contribution in [0.15, 0.2) is 22.5 Å². The summed E-state index contributed by atoms with van der Waals surface area (Å²) in [5, 5.41) is 8.91. The van der Waals surface area contributed by atoms with Crippen LogP contribution in [0.4, 0.5) is 0 Å². The molecule has 23 heavy (non-hydrogen) atoms. The Kier molecular flexibility index (Phi) is 9.46. The van der Waals surface area contributed by atoms with Crippen LogP contribution in [-0.2, 0) is 10.2 Å². The highest BCUT2D eigenvalue weighted by molar-refractivity contribution is 14.0. The number of rotatable bonds is 9. The van der Waals surface area contributed by atoms with Crippen LogP contribution in [0, 0.1) is 5.92 Å². The molecule has 2 N–H and O–H groups in total. The number of ether oxygens (including phenoxy) is 1. The number of hydrogen-bond acceptors (Lipinski definition) is 3. The van der Waals surface area contributed by atoms with Crippen LogP contribution in [0.5, 0.6) is 0 Å². The van der Waals surface area contributed by atoms with Crippen LogP contribution in [0.2, 0.25) is 0 Å². The molecule has 0 spiro atoms. The molecule has 0 aromatic carbocycles. The van der Waals surface area contributed by atoms with Crippen LogP contribution >= 0.6 is 35.3 Å². The van der Waals surface area contributed by atoms with E-state index in [-0.39, 0.29) is 29.4 Å². The Morgan fingerprint density at radius 1 is 1.39 bits per heavy atom. The Labute approximate surface area is 161 Å². The largest absolute Gasteiger partial charge is 0.381 e. The maximum Gasteiger partial charge on any atom is 0.191 e. The first kappa shape index (κ1) is 20.7. The van der Waals surface area contributed by atoms with Gasteiger partial charge >= 0.3 is 0 Å². The first-order chi connectivity index (χ1) is 10.6. The number of thiophene rings is 1. The van der Waals surface area contributed by atoms with Crippen molar-refractivity contribution in [3.05, 3.63) is 22.4 Å². The van der Waals surface area contributed by atoms with Crippen molar-refractivity contribution in [2.45, 2.75) is 38.5 Å². The predicted octanol–water partition coefficient (Wildman–Crippen LogP) is 3.63. The minimum absolute atomic E-state index is 0. The van der Waals surface area contributed by atoms with E-state index in [1.807, 2.05) is 7.05 Å². The number of nitrogens with one attached hydrogen (secondary N) is 2. The van der Waals surface area contributed by atoms with Crippen LogP contribution < -0.4 is 10.6 Å². The van der Waals surface area contributed by atoms with E-state index < -0.39 is 0 Å². The lowest BCUT2D eigenvalue weighted by Gasteiger charge is -2.25. The molecule has 1 heterocycles. The average Bonchev–Trinajstić information content (AvgIpc) is 3.15. The maximum atomic E-state index is 5.64. The van der Waals surface area contributed by atoms with Crippen molar-refractivity contribution in [3.63, 3.8) is 0 Å². The fourth-order valence-electron chi connectivity index (χ4n) is 2.19. The fourth-order valence-corrected chi connectivity index (χ4v) is 3.04. The molecule has 1 aliphatic carbocycles. The van der Waals surface area contributed by atoms with Crippen molar-refractivity contribution in [2.75, 3.05) is 33.4 Å². The molecular weight excluding hydrogens is 421 g/mol. The molecule has 0 atom stereocenters. The van der Waals surface area contributed by atoms with Crippen LogP contribution in [0.1, 0.15) is 38.0 Å². The van der Waals surface area contributed by atoms with Gasteiger partial charge in [-0.05, 0) is 36.6 Å². The molecule has 0 saturated heterocycles. The summed E-state index contributed by atoms with van der Waals surface area (Å²) >= 11 is 1.81. The van der Waals surface area contributed by atoms with Gasteiger partial charge < -0.3 is 15.4 Å². The molecule has 1 saturated carbocycles. The Morgan fingerprint density at radius 2 is 2.17 bits per heavy atom. The molecule has 6 heteroatoms. The Hall–Kier alpha value is -0.340. The number of nitrogens with zero attached hydrogens (tertiary/aromatic N) is 1. The first-order valence-corrected chi connectivity index (χ1v) is 9.06. The van der Waals surface area contributed by atoms with Gasteiger partial charge in [-0.1, -0.05) is 19.9 Å². The summed E-state index contributed by atoms with van der Waals surface area (Å²) in [5.74, 6) is 1.72. The van der Waals surface area contributed by atoms with E-state index in [1.165, 1.54) is 17.7 Å². The first-order valence-electron chi connectivity index (χ1n) is 8.18. The van der Waals surface area contributed by atoms with Crippen molar-refractivity contribution in [3.8, 4) is 0 Å². The van der Waals surface area contributed by atoms with Gasteiger partial charge in [-0.2, -0.15) is 0 Å². The van der Waals surface area contributed by atoms with Gasteiger partial charge in [0, 0.05) is 43.6 Å². The third kappa shape index (κ3) is 7.85. The molecular formula is C17H30IN3OS. The van der Waals surface area contributed by atoms with Crippen LogP contribution in [0.25, 0.3) is 0 Å². The van der Waals surface area contributed by atoms with Gasteiger partial charge in [-0.15, -0.1) is 35.3 Å². The minimum atomic E-state index is 0. The number of halogens is 1. The van der Waals surface area contributed by atoms with E-state index >= 15 is 0 Å². The van der Waals surface area contributed by atoms with E-state index in [0.29, 0.717) is 0 Å². The van der Waals surface area contributed by atoms with E-state index in [9.17, 15) is 0 Å². The summed E-state index contributed by atoms with van der Waals surface area (Å²) in [6.45, 7) is 8.05. The lowest BCUT2D eigenvalue weighted by Crippen LogP contribution is -2.43. The second-order valence-corrected chi connectivity index (χ2v) is 7.53. The standard InChI is InChI=1S/C17H29N3OS.HI/c1-17(2,15-6-4-11-22-15)13-20-16(18-3)19-9-5-10-21-12-14-7-8-14;/h4,6,11,14H,5,7-10,12-13H2,1-3H3,(H2,18,19,20);1H. The summed E-state index contributed by atoms with van der Waals surface area (Å²) in [5.41, 5.74) is 0.110. The molecule has 0 radical (unpaired) electrons. The van der Waals surface area contributed by atoms with Gasteiger partial charge in [-0.25, -0.2) is 0 Å². The van der Waals surface area contributed by atoms with Crippen molar-refractivity contribution in [2.24, 2.45) is 10.9 Å². The molecule has 1 aliphatic rings. The summed E-state index contributed by atoms with van der Waals surface area (Å²) in [4.78, 5) is 5.68. The molecule has 1 fully saturated rings. The summed E-state index contributed by atoms with van der Waals surface area (Å²) in [7, 11) is 1.82. The Balaban J connectivity index is 0.00000264. The normalized spacial score (nSPS) is 15.2. The topological polar surface area (TPSA) is 45.7 Å². The molecule has 2 rings (SSSR count). The number of guanidine groups is 1. The minimum Gasteiger partial charge on any atom is -0.381 e. The highest BCUT2D eigenvalue weighted by Gasteiger charge is 2.22. The van der Waals surface area contributed by atoms with Gasteiger partial charge in [0.25, 0.3) is 0 Å². The number of hydrogen-bond donors (Lipinski definition) is 2. The van der Waals surface area contributed by atoms with E-state index in [1.54, 1.807) is 11.3 Å². The van der Waals surface area contributed by atoms with Crippen molar-refractivity contribution in [1.29, 1.82) is 0 Å². The lowest BCUT2D eigenvalue weighted by atomic mass is 9.91. The fraction of sp³-hybridized carbons (Fsp3) is 0.706. The lowest BCUT2D eigenvalue weighted by molar-refractivity contribution is 0.123. The summed E-state index contributed by atoms with van der Waals surface area (Å²) in [6.07, 6.45) is 3.73. The second kappa shape index (κ2) is 10.5. The van der Waals surface area contributed by atoms with E-state index in [4.69, 9.17) is 4.74 Å². The SMILES string of the molecule is CN=C(NCCCOCC1CC1)NCC(C)(C)c1cccs1.I. The average molecular weight is 451 g/mol. The Morgan fingerprint density at radius 3 is 2.78 bits per heavy atom. The number of aliphatic imine (C=N–C) groups is 1. The van der Waals surface area contributed by atoms with Gasteiger partial charge in [0.15, 0.2) is 5.96 Å². The Bertz CT molecular complexity index is 458. The van der Waals surface area contributed by atoms with Gasteiger partial charge in [0.05, 0.1) is 0 Å². The highest BCUT2D eigenvalue weighted by atomic mass is 127. The molecule has 1 aromatic heterocycles. The van der Waals surface area contributed by atoms with Gasteiger partial charge in [-0.3, -0.25) is 4.99 Å². The van der Waals surface area contributed by atoms with E-state index in [2.05, 4.69) is 47.0 Å². The molecule has 0 aliphatic heterocycles. The summed E-state index contributed by atoms with van der Waals surface area (Å²) < 4.78 is 5.64. The second-order valence-electron chi connectivity index (χ2n) is 6.59. The molecule has 0 bridgehead atoms. The smallest absolute Gasteiger partial charge is 0.191 e. The molecule has 0 unspecified atom stereocenters. The van der Waals surface area contributed by atoms with Crippen molar-refractivity contribution >= 4 is 41.3 Å². The molecule has 0 amide bonds. The van der Waals surface area contributed by atoms with Crippen molar-refractivity contribution in [1.82, 2.24) is 10.6 Å². The van der Waals surface area contributed by atoms with Gasteiger partial charge in [0.1, 0.15) is 0 Å². The predicted molar refractivity (Wildman–Crippen MR) is 110 cm³/mol. The monoisotopic (exact) mass is 451 g/mol. The molecule has 4 nitrogen and oxygen atoms in total. The zero-order valence-corrected chi connectivity index (χ0v) is 17.6. The molecule has 1 aromatic rings. The molecule has 132 valence electrons. The van der Waals surface area contributed by atoms with Crippen LogP contribution in [0.3, 0.4) is 0 Å². The maximum absolute atomic E-state index is 5.64. The quantitative estimate of drug-likeness (QED) is 0.261. The van der Waals surface area contributed by atoms with Crippen molar-refractivity contribution < 1.29 is 4.74 Å². The third-order valence-electron chi connectivity index (χ3n) is 3.92.